The van der Waals surface area contributed by atoms with Crippen molar-refractivity contribution in [1.29, 1.82) is 0 Å². The topological polar surface area (TPSA) is 149 Å². The summed E-state index contributed by atoms with van der Waals surface area (Å²) in [4.78, 5) is 12.5. The zero-order chi connectivity index (χ0) is 36.0. The molecule has 0 fully saturated rings. The number of aliphatic hydroxyl groups excluding tert-OH is 5. The Balaban J connectivity index is 2.10. The number of amides is 1. The van der Waals surface area contributed by atoms with Gasteiger partial charge in [0.25, 0.3) is 0 Å². The predicted octanol–water partition coefficient (Wildman–Crippen LogP) is 8.02. The van der Waals surface area contributed by atoms with Gasteiger partial charge in [0.05, 0.1) is 37.6 Å². The Hall–Kier alpha value is -1.23. The van der Waals surface area contributed by atoms with Gasteiger partial charge < -0.3 is 40.3 Å². The number of hydrogen-bond donors (Lipinski definition) is 6. The third-order valence-corrected chi connectivity index (χ3v) is 9.99. The second-order valence-corrected chi connectivity index (χ2v) is 14.5. The molecule has 1 aliphatic carbocycles. The first-order valence-electron chi connectivity index (χ1n) is 20.4. The summed E-state index contributed by atoms with van der Waals surface area (Å²) in [5, 5.41) is 54.1. The van der Waals surface area contributed by atoms with Crippen molar-refractivity contribution in [1.82, 2.24) is 5.32 Å². The van der Waals surface area contributed by atoms with Crippen molar-refractivity contribution in [2.24, 2.45) is 0 Å². The lowest BCUT2D eigenvalue weighted by Gasteiger charge is -2.31. The lowest BCUT2D eigenvalue weighted by molar-refractivity contribution is -0.117. The van der Waals surface area contributed by atoms with Crippen molar-refractivity contribution in [2.75, 3.05) is 13.2 Å². The molecule has 0 aliphatic heterocycles. The van der Waals surface area contributed by atoms with Crippen LogP contribution in [-0.4, -0.2) is 87.5 Å². The molecule has 0 aromatic rings. The average molecular weight is 700 g/mol. The lowest BCUT2D eigenvalue weighted by atomic mass is 9.96. The molecule has 0 saturated heterocycles. The molecule has 7 unspecified atom stereocenters. The smallest absolute Gasteiger partial charge is 0.407 e. The fraction of sp³-hybridized carbons (Fsp3) is 0.925. The summed E-state index contributed by atoms with van der Waals surface area (Å²) in [5.74, 6) is 0. The van der Waals surface area contributed by atoms with Crippen LogP contribution in [0.15, 0.2) is 12.2 Å². The molecule has 7 atom stereocenters. The van der Waals surface area contributed by atoms with E-state index in [1.807, 2.05) is 0 Å². The Bertz CT molecular complexity index is 783. The molecule has 0 radical (unpaired) electrons. The zero-order valence-corrected chi connectivity index (χ0v) is 31.5. The maximum absolute atomic E-state index is 12.5. The molecular weight excluding hydrogens is 622 g/mol. The van der Waals surface area contributed by atoms with E-state index in [4.69, 9.17) is 9.47 Å². The minimum absolute atomic E-state index is 0.0364. The van der Waals surface area contributed by atoms with Gasteiger partial charge in [-0.25, -0.2) is 4.79 Å². The Morgan fingerprint density at radius 1 is 0.714 bits per heavy atom. The predicted molar refractivity (Wildman–Crippen MR) is 199 cm³/mol. The number of rotatable bonds is 31. The molecule has 1 aliphatic rings. The summed E-state index contributed by atoms with van der Waals surface area (Å²) >= 11 is 0. The normalized spacial score (nSPS) is 22.2. The van der Waals surface area contributed by atoms with Gasteiger partial charge in [-0.15, -0.1) is 0 Å². The van der Waals surface area contributed by atoms with Crippen LogP contribution in [0.1, 0.15) is 181 Å². The highest BCUT2D eigenvalue weighted by Crippen LogP contribution is 2.19. The lowest BCUT2D eigenvalue weighted by Crippen LogP contribution is -2.50. The monoisotopic (exact) mass is 700 g/mol. The van der Waals surface area contributed by atoms with Crippen LogP contribution in [0, 0.1) is 0 Å². The summed E-state index contributed by atoms with van der Waals surface area (Å²) in [6.45, 7) is 4.18. The summed E-state index contributed by atoms with van der Waals surface area (Å²) in [6, 6.07) is -0.897. The van der Waals surface area contributed by atoms with Crippen LogP contribution in [0.25, 0.3) is 0 Å². The maximum atomic E-state index is 12.5. The number of hydrogen-bond acceptors (Lipinski definition) is 8. The van der Waals surface area contributed by atoms with E-state index in [0.717, 1.165) is 19.3 Å². The second-order valence-electron chi connectivity index (χ2n) is 14.5. The standard InChI is InChI=1S/C40H77NO8/c1-3-5-6-7-8-9-10-11-12-13-14-15-16-17-18-19-20-21-22-23-24-27-30-48-40(47)41-34(36(44)31-33(42)4-2)32-49-37-29-26-25-28-35(43)38(45)39(37)46/h26,29,33-39,42-46H,3-25,27-28,30-32H2,1-2H3,(H,41,47)/b29-26-. The molecule has 0 bridgehead atoms. The Morgan fingerprint density at radius 2 is 1.18 bits per heavy atom. The van der Waals surface area contributed by atoms with E-state index < -0.39 is 48.8 Å². The first kappa shape index (κ1) is 45.8. The molecule has 290 valence electrons. The number of nitrogens with one attached hydrogen (secondary N) is 1. The van der Waals surface area contributed by atoms with Gasteiger partial charge in [-0.2, -0.15) is 0 Å². The summed E-state index contributed by atoms with van der Waals surface area (Å²) in [6.07, 6.45) is 26.4. The minimum Gasteiger partial charge on any atom is -0.450 e. The molecule has 1 amide bonds. The number of alkyl carbamates (subject to hydrolysis) is 1. The van der Waals surface area contributed by atoms with E-state index in [2.05, 4.69) is 12.2 Å². The fourth-order valence-electron chi connectivity index (χ4n) is 6.50. The van der Waals surface area contributed by atoms with E-state index in [1.165, 1.54) is 122 Å². The van der Waals surface area contributed by atoms with Crippen molar-refractivity contribution >= 4 is 6.09 Å². The highest BCUT2D eigenvalue weighted by atomic mass is 16.5. The third kappa shape index (κ3) is 24.6. The number of ether oxygens (including phenoxy) is 2. The van der Waals surface area contributed by atoms with Gasteiger partial charge in [0.1, 0.15) is 18.3 Å². The highest BCUT2D eigenvalue weighted by Gasteiger charge is 2.33. The molecule has 9 nitrogen and oxygen atoms in total. The van der Waals surface area contributed by atoms with Crippen molar-refractivity contribution in [2.45, 2.75) is 223 Å². The maximum Gasteiger partial charge on any atom is 0.407 e. The molecule has 0 aromatic heterocycles. The van der Waals surface area contributed by atoms with Crippen LogP contribution in [0.3, 0.4) is 0 Å². The first-order valence-corrected chi connectivity index (χ1v) is 20.4. The molecule has 6 N–H and O–H groups in total. The Kier molecular flexibility index (Phi) is 29.4. The van der Waals surface area contributed by atoms with Crippen LogP contribution in [0.5, 0.6) is 0 Å². The van der Waals surface area contributed by atoms with Gasteiger partial charge in [-0.05, 0) is 25.7 Å². The van der Waals surface area contributed by atoms with E-state index >= 15 is 0 Å². The number of carbonyl (C=O) groups excluding carboxylic acids is 1. The van der Waals surface area contributed by atoms with Crippen molar-refractivity contribution in [3.63, 3.8) is 0 Å². The van der Waals surface area contributed by atoms with E-state index in [-0.39, 0.29) is 19.6 Å². The van der Waals surface area contributed by atoms with Crippen LogP contribution >= 0.6 is 0 Å². The quantitative estimate of drug-likeness (QED) is 0.0315. The number of unbranched alkanes of at least 4 members (excludes halogenated alkanes) is 21. The van der Waals surface area contributed by atoms with E-state index in [9.17, 15) is 30.3 Å². The van der Waals surface area contributed by atoms with Crippen LogP contribution in [0.4, 0.5) is 4.79 Å². The fourth-order valence-corrected chi connectivity index (χ4v) is 6.50. The van der Waals surface area contributed by atoms with Gasteiger partial charge in [0.15, 0.2) is 0 Å². The van der Waals surface area contributed by atoms with Gasteiger partial charge in [-0.3, -0.25) is 0 Å². The Morgan fingerprint density at radius 3 is 1.65 bits per heavy atom. The first-order chi connectivity index (χ1) is 23.8. The van der Waals surface area contributed by atoms with Gasteiger partial charge in [0.2, 0.25) is 0 Å². The summed E-state index contributed by atoms with van der Waals surface area (Å²) in [7, 11) is 0. The largest absolute Gasteiger partial charge is 0.450 e. The molecule has 49 heavy (non-hydrogen) atoms. The molecule has 9 heteroatoms. The molecule has 0 spiro atoms. The van der Waals surface area contributed by atoms with Crippen molar-refractivity contribution in [3.8, 4) is 0 Å². The van der Waals surface area contributed by atoms with E-state index in [0.29, 0.717) is 19.3 Å². The Labute approximate surface area is 299 Å². The van der Waals surface area contributed by atoms with Crippen molar-refractivity contribution < 1.29 is 39.8 Å². The third-order valence-electron chi connectivity index (χ3n) is 9.99. The summed E-state index contributed by atoms with van der Waals surface area (Å²) in [5.41, 5.74) is 0. The van der Waals surface area contributed by atoms with Crippen molar-refractivity contribution in [3.05, 3.63) is 12.2 Å². The minimum atomic E-state index is -1.38. The molecule has 1 rings (SSSR count). The van der Waals surface area contributed by atoms with Gasteiger partial charge in [-0.1, -0.05) is 161 Å². The van der Waals surface area contributed by atoms with Crippen LogP contribution < -0.4 is 5.32 Å². The SMILES string of the molecule is CCCCCCCCCCCCCCCCCCCCCCCCOC(=O)NC(COC1/C=C\CCC(O)C(O)C1O)C(O)CC(O)CC. The molecule has 0 aromatic carbocycles. The molecule has 0 saturated carbocycles. The highest BCUT2D eigenvalue weighted by molar-refractivity contribution is 5.67. The van der Waals surface area contributed by atoms with Gasteiger partial charge >= 0.3 is 6.09 Å². The van der Waals surface area contributed by atoms with E-state index in [1.54, 1.807) is 19.1 Å². The molecule has 0 heterocycles. The number of aliphatic hydroxyl groups is 5. The summed E-state index contributed by atoms with van der Waals surface area (Å²) < 4.78 is 11.1. The van der Waals surface area contributed by atoms with Crippen LogP contribution in [0.2, 0.25) is 0 Å². The van der Waals surface area contributed by atoms with Crippen LogP contribution in [-0.2, 0) is 9.47 Å². The average Bonchev–Trinajstić information content (AvgIpc) is 3.09. The molecular formula is C40H77NO8. The number of allylic oxidation sites excluding steroid dienone is 1. The zero-order valence-electron chi connectivity index (χ0n) is 31.5. The second kappa shape index (κ2) is 31.5. The number of carbonyl (C=O) groups is 1. The van der Waals surface area contributed by atoms with Gasteiger partial charge in [0, 0.05) is 6.42 Å².